The maximum absolute atomic E-state index is 12.3. The van der Waals surface area contributed by atoms with Crippen molar-refractivity contribution in [3.8, 4) is 0 Å². The van der Waals surface area contributed by atoms with Gasteiger partial charge in [0, 0.05) is 17.6 Å². The van der Waals surface area contributed by atoms with Gasteiger partial charge in [0.05, 0.1) is 17.6 Å². The van der Waals surface area contributed by atoms with Gasteiger partial charge in [-0.1, -0.05) is 0 Å². The van der Waals surface area contributed by atoms with Crippen molar-refractivity contribution in [2.24, 2.45) is 0 Å². The normalized spacial score (nSPS) is 20.8. The molecule has 0 saturated heterocycles. The largest absolute Gasteiger partial charge is 0.354 e. The van der Waals surface area contributed by atoms with Crippen LogP contribution < -0.4 is 10.2 Å². The minimum atomic E-state index is -0.171. The molecule has 0 saturated carbocycles. The molecule has 1 N–H and O–H groups in total. The zero-order chi connectivity index (χ0) is 12.1. The van der Waals surface area contributed by atoms with Gasteiger partial charge in [-0.2, -0.15) is 0 Å². The minimum absolute atomic E-state index is 0.0508. The summed E-state index contributed by atoms with van der Waals surface area (Å²) in [5, 5.41) is 5.02. The molecule has 1 unspecified atom stereocenters. The topological polar surface area (TPSA) is 45.2 Å². The average molecular weight is 257 g/mol. The first-order valence-electron chi connectivity index (χ1n) is 5.92. The molecule has 5 heteroatoms. The summed E-state index contributed by atoms with van der Waals surface area (Å²) in [6, 6.07) is 3.87. The molecule has 2 aromatic heterocycles. The van der Waals surface area contributed by atoms with Crippen molar-refractivity contribution < 1.29 is 4.79 Å². The van der Waals surface area contributed by atoms with E-state index in [4.69, 9.17) is 0 Å². The molecule has 0 aliphatic carbocycles. The van der Waals surface area contributed by atoms with Crippen LogP contribution in [0.2, 0.25) is 0 Å². The molecule has 0 bridgehead atoms. The second-order valence-corrected chi connectivity index (χ2v) is 5.53. The molecule has 1 amide bonds. The first kappa shape index (κ1) is 10.1. The monoisotopic (exact) mass is 257 g/mol. The lowest BCUT2D eigenvalue weighted by Crippen LogP contribution is -2.45. The fourth-order valence-corrected chi connectivity index (χ4v) is 3.70. The molecule has 2 aliphatic heterocycles. The Hall–Kier alpha value is -1.88. The lowest BCUT2D eigenvalue weighted by atomic mass is 9.96. The molecule has 4 rings (SSSR count). The number of hydrogen-bond donors (Lipinski definition) is 1. The number of rotatable bonds is 0. The highest BCUT2D eigenvalue weighted by Gasteiger charge is 2.38. The summed E-state index contributed by atoms with van der Waals surface area (Å²) in [5.74, 6) is 0.0508. The average Bonchev–Trinajstić information content (AvgIpc) is 2.86. The van der Waals surface area contributed by atoms with Crippen LogP contribution in [0.3, 0.4) is 0 Å². The minimum Gasteiger partial charge on any atom is -0.354 e. The molecule has 0 aromatic carbocycles. The summed E-state index contributed by atoms with van der Waals surface area (Å²) >= 11 is 1.75. The summed E-state index contributed by atoms with van der Waals surface area (Å²) in [6.07, 6.45) is 4.50. The molecule has 0 spiro atoms. The molecule has 4 nitrogen and oxygen atoms in total. The first-order chi connectivity index (χ1) is 8.84. The molecule has 2 aromatic rings. The third kappa shape index (κ3) is 1.25. The number of carbonyl (C=O) groups excluding carboxylic acids is 1. The van der Waals surface area contributed by atoms with Crippen LogP contribution in [0, 0.1) is 0 Å². The van der Waals surface area contributed by atoms with Crippen LogP contribution in [0.4, 0.5) is 11.4 Å². The van der Waals surface area contributed by atoms with Crippen LogP contribution in [0.25, 0.3) is 0 Å². The van der Waals surface area contributed by atoms with E-state index in [9.17, 15) is 4.79 Å². The van der Waals surface area contributed by atoms with Crippen molar-refractivity contribution in [3.63, 3.8) is 0 Å². The molecular formula is C13H11N3OS. The van der Waals surface area contributed by atoms with Crippen LogP contribution in [-0.4, -0.2) is 17.4 Å². The van der Waals surface area contributed by atoms with E-state index >= 15 is 0 Å². The standard InChI is InChI=1S/C13H11N3OS/c17-13-12-8-3-6-18-11(8)2-5-16(12)10-1-4-14-7-9(10)15-13/h1,3-4,6-7,12H,2,5H2,(H,15,17). The first-order valence-corrected chi connectivity index (χ1v) is 6.80. The van der Waals surface area contributed by atoms with Crippen LogP contribution in [-0.2, 0) is 11.2 Å². The Morgan fingerprint density at radius 3 is 3.33 bits per heavy atom. The van der Waals surface area contributed by atoms with Crippen LogP contribution >= 0.6 is 11.3 Å². The zero-order valence-corrected chi connectivity index (χ0v) is 10.4. The van der Waals surface area contributed by atoms with Gasteiger partial charge in [-0.3, -0.25) is 9.78 Å². The highest BCUT2D eigenvalue weighted by Crippen LogP contribution is 2.42. The van der Waals surface area contributed by atoms with E-state index in [1.165, 1.54) is 4.88 Å². The lowest BCUT2D eigenvalue weighted by Gasteiger charge is -2.40. The van der Waals surface area contributed by atoms with Gasteiger partial charge < -0.3 is 10.2 Å². The van der Waals surface area contributed by atoms with Crippen molar-refractivity contribution >= 4 is 28.6 Å². The van der Waals surface area contributed by atoms with Crippen LogP contribution in [0.5, 0.6) is 0 Å². The van der Waals surface area contributed by atoms with Crippen molar-refractivity contribution in [1.29, 1.82) is 0 Å². The van der Waals surface area contributed by atoms with Gasteiger partial charge >= 0.3 is 0 Å². The van der Waals surface area contributed by atoms with E-state index in [-0.39, 0.29) is 11.9 Å². The van der Waals surface area contributed by atoms with Crippen molar-refractivity contribution in [2.75, 3.05) is 16.8 Å². The van der Waals surface area contributed by atoms with Gasteiger partial charge in [-0.25, -0.2) is 0 Å². The number of fused-ring (bicyclic) bond motifs is 5. The number of hydrogen-bond acceptors (Lipinski definition) is 4. The SMILES string of the molecule is O=C1Nc2cnccc2N2CCc3sccc3C12. The number of amides is 1. The highest BCUT2D eigenvalue weighted by molar-refractivity contribution is 7.10. The Kier molecular flexibility index (Phi) is 1.99. The maximum Gasteiger partial charge on any atom is 0.251 e. The Bertz CT molecular complexity index is 637. The summed E-state index contributed by atoms with van der Waals surface area (Å²) in [6.45, 7) is 0.891. The number of carbonyl (C=O) groups is 1. The number of anilines is 2. The summed E-state index contributed by atoms with van der Waals surface area (Å²) in [5.41, 5.74) is 3.05. The quantitative estimate of drug-likeness (QED) is 0.787. The smallest absolute Gasteiger partial charge is 0.251 e. The van der Waals surface area contributed by atoms with E-state index in [2.05, 4.69) is 26.6 Å². The molecule has 18 heavy (non-hydrogen) atoms. The summed E-state index contributed by atoms with van der Waals surface area (Å²) in [4.78, 5) is 19.9. The van der Waals surface area contributed by atoms with Crippen molar-refractivity contribution in [3.05, 3.63) is 40.3 Å². The van der Waals surface area contributed by atoms with E-state index in [1.54, 1.807) is 23.7 Å². The Labute approximate surface area is 108 Å². The number of thiophene rings is 1. The highest BCUT2D eigenvalue weighted by atomic mass is 32.1. The second-order valence-electron chi connectivity index (χ2n) is 4.53. The molecule has 1 atom stereocenters. The van der Waals surface area contributed by atoms with Crippen molar-refractivity contribution in [2.45, 2.75) is 12.5 Å². The number of aromatic nitrogens is 1. The fourth-order valence-electron chi connectivity index (χ4n) is 2.79. The third-order valence-corrected chi connectivity index (χ3v) is 4.58. The van der Waals surface area contributed by atoms with Gasteiger partial charge in [-0.05, 0) is 29.5 Å². The van der Waals surface area contributed by atoms with E-state index in [0.717, 1.165) is 29.9 Å². The van der Waals surface area contributed by atoms with Gasteiger partial charge in [0.15, 0.2) is 0 Å². The van der Waals surface area contributed by atoms with E-state index in [1.807, 2.05) is 6.07 Å². The van der Waals surface area contributed by atoms with Gasteiger partial charge in [0.1, 0.15) is 6.04 Å². The van der Waals surface area contributed by atoms with Gasteiger partial charge in [0.2, 0.25) is 0 Å². The Morgan fingerprint density at radius 2 is 2.39 bits per heavy atom. The van der Waals surface area contributed by atoms with Crippen LogP contribution in [0.15, 0.2) is 29.9 Å². The molecule has 0 fully saturated rings. The predicted octanol–water partition coefficient (Wildman–Crippen LogP) is 2.20. The Morgan fingerprint density at radius 1 is 1.44 bits per heavy atom. The molecular weight excluding hydrogens is 246 g/mol. The summed E-state index contributed by atoms with van der Waals surface area (Å²) in [7, 11) is 0. The van der Waals surface area contributed by atoms with Crippen molar-refractivity contribution in [1.82, 2.24) is 4.98 Å². The third-order valence-electron chi connectivity index (χ3n) is 3.58. The Balaban J connectivity index is 1.89. The van der Waals surface area contributed by atoms with Gasteiger partial charge in [-0.15, -0.1) is 11.3 Å². The second kappa shape index (κ2) is 3.55. The molecule has 90 valence electrons. The molecule has 2 aliphatic rings. The predicted molar refractivity (Wildman–Crippen MR) is 71.0 cm³/mol. The molecule has 0 radical (unpaired) electrons. The van der Waals surface area contributed by atoms with Gasteiger partial charge in [0.25, 0.3) is 5.91 Å². The number of nitrogens with one attached hydrogen (secondary N) is 1. The van der Waals surface area contributed by atoms with E-state index in [0.29, 0.717) is 0 Å². The van der Waals surface area contributed by atoms with E-state index < -0.39 is 0 Å². The maximum atomic E-state index is 12.3. The number of nitrogens with zero attached hydrogens (tertiary/aromatic N) is 2. The number of pyridine rings is 1. The molecule has 4 heterocycles. The zero-order valence-electron chi connectivity index (χ0n) is 9.59. The summed E-state index contributed by atoms with van der Waals surface area (Å²) < 4.78 is 0. The lowest BCUT2D eigenvalue weighted by molar-refractivity contribution is -0.117. The fraction of sp³-hybridized carbons (Fsp3) is 0.231. The van der Waals surface area contributed by atoms with Crippen LogP contribution in [0.1, 0.15) is 16.5 Å².